The minimum absolute atomic E-state index is 0.118. The van der Waals surface area contributed by atoms with Crippen molar-refractivity contribution in [3.8, 4) is 11.5 Å². The Kier molecular flexibility index (Phi) is 5.85. The van der Waals surface area contributed by atoms with Gasteiger partial charge < -0.3 is 14.2 Å². The topological polar surface area (TPSA) is 78.9 Å². The SMILES string of the molecule is COC(=O)c1ccc(/C=C2\Oc3c(ccc(OCC(=O)c4ccccc4)c3C)C2=O)cc1. The summed E-state index contributed by atoms with van der Waals surface area (Å²) in [4.78, 5) is 36.6. The number of hydrogen-bond donors (Lipinski definition) is 0. The van der Waals surface area contributed by atoms with E-state index in [2.05, 4.69) is 4.74 Å². The molecule has 3 aromatic rings. The zero-order chi connectivity index (χ0) is 22.7. The van der Waals surface area contributed by atoms with Crippen molar-refractivity contribution in [2.75, 3.05) is 13.7 Å². The molecule has 0 unspecified atom stereocenters. The average molecular weight is 428 g/mol. The number of hydrogen-bond acceptors (Lipinski definition) is 6. The van der Waals surface area contributed by atoms with Crippen molar-refractivity contribution < 1.29 is 28.6 Å². The largest absolute Gasteiger partial charge is 0.485 e. The molecular formula is C26H20O6. The molecule has 0 amide bonds. The lowest BCUT2D eigenvalue weighted by Crippen LogP contribution is -2.12. The lowest BCUT2D eigenvalue weighted by molar-refractivity contribution is 0.0600. The van der Waals surface area contributed by atoms with Crippen LogP contribution in [0.2, 0.25) is 0 Å². The number of carbonyl (C=O) groups is 3. The molecule has 0 aliphatic carbocycles. The van der Waals surface area contributed by atoms with E-state index in [4.69, 9.17) is 9.47 Å². The molecule has 0 N–H and O–H groups in total. The normalized spacial score (nSPS) is 13.4. The number of fused-ring (bicyclic) bond motifs is 1. The summed E-state index contributed by atoms with van der Waals surface area (Å²) < 4.78 is 16.2. The minimum Gasteiger partial charge on any atom is -0.485 e. The number of benzene rings is 3. The Morgan fingerprint density at radius 2 is 1.66 bits per heavy atom. The molecule has 32 heavy (non-hydrogen) atoms. The molecule has 0 radical (unpaired) electrons. The highest BCUT2D eigenvalue weighted by Crippen LogP contribution is 2.39. The van der Waals surface area contributed by atoms with Gasteiger partial charge in [0, 0.05) is 11.1 Å². The van der Waals surface area contributed by atoms with Gasteiger partial charge in [0.15, 0.2) is 18.1 Å². The highest BCUT2D eigenvalue weighted by molar-refractivity contribution is 6.15. The zero-order valence-electron chi connectivity index (χ0n) is 17.6. The van der Waals surface area contributed by atoms with E-state index >= 15 is 0 Å². The highest BCUT2D eigenvalue weighted by atomic mass is 16.5. The molecule has 0 bridgehead atoms. The van der Waals surface area contributed by atoms with Gasteiger partial charge in [0.05, 0.1) is 18.2 Å². The van der Waals surface area contributed by atoms with Gasteiger partial charge >= 0.3 is 5.97 Å². The van der Waals surface area contributed by atoms with Crippen LogP contribution in [0.3, 0.4) is 0 Å². The van der Waals surface area contributed by atoms with E-state index in [0.717, 1.165) is 0 Å². The number of ether oxygens (including phenoxy) is 3. The molecular weight excluding hydrogens is 408 g/mol. The van der Waals surface area contributed by atoms with Gasteiger partial charge in [0.1, 0.15) is 11.5 Å². The van der Waals surface area contributed by atoms with Crippen molar-refractivity contribution in [3.63, 3.8) is 0 Å². The second kappa shape index (κ2) is 8.89. The molecule has 3 aromatic carbocycles. The maximum absolute atomic E-state index is 12.8. The van der Waals surface area contributed by atoms with Gasteiger partial charge in [-0.3, -0.25) is 9.59 Å². The number of Topliss-reactive ketones (excluding diaryl/α,β-unsaturated/α-hetero) is 2. The Morgan fingerprint density at radius 3 is 2.34 bits per heavy atom. The van der Waals surface area contributed by atoms with E-state index < -0.39 is 5.97 Å². The maximum atomic E-state index is 12.8. The first-order chi connectivity index (χ1) is 15.5. The summed E-state index contributed by atoms with van der Waals surface area (Å²) in [5, 5.41) is 0. The van der Waals surface area contributed by atoms with E-state index in [1.807, 2.05) is 6.07 Å². The van der Waals surface area contributed by atoms with Gasteiger partial charge in [-0.1, -0.05) is 42.5 Å². The van der Waals surface area contributed by atoms with Gasteiger partial charge in [-0.25, -0.2) is 4.79 Å². The third-order valence-electron chi connectivity index (χ3n) is 5.12. The number of ketones is 2. The second-order valence-electron chi connectivity index (χ2n) is 7.20. The Labute approximate surface area is 185 Å². The van der Waals surface area contributed by atoms with E-state index in [1.165, 1.54) is 7.11 Å². The Morgan fingerprint density at radius 1 is 0.938 bits per heavy atom. The van der Waals surface area contributed by atoms with Crippen molar-refractivity contribution >= 4 is 23.6 Å². The maximum Gasteiger partial charge on any atom is 0.337 e. The molecule has 1 heterocycles. The first-order valence-corrected chi connectivity index (χ1v) is 9.95. The number of allylic oxidation sites excluding steroid dienone is 1. The van der Waals surface area contributed by atoms with E-state index in [-0.39, 0.29) is 23.9 Å². The molecule has 0 saturated heterocycles. The summed E-state index contributed by atoms with van der Waals surface area (Å²) in [5.74, 6) is 0.247. The summed E-state index contributed by atoms with van der Waals surface area (Å²) in [6, 6.07) is 18.8. The van der Waals surface area contributed by atoms with Crippen molar-refractivity contribution in [2.24, 2.45) is 0 Å². The molecule has 0 atom stereocenters. The van der Waals surface area contributed by atoms with Crippen LogP contribution in [0.4, 0.5) is 0 Å². The van der Waals surface area contributed by atoms with Gasteiger partial charge in [0.2, 0.25) is 5.78 Å². The van der Waals surface area contributed by atoms with Crippen LogP contribution in [-0.4, -0.2) is 31.3 Å². The molecule has 1 aliphatic heterocycles. The molecule has 6 heteroatoms. The third-order valence-corrected chi connectivity index (χ3v) is 5.12. The van der Waals surface area contributed by atoms with Crippen LogP contribution >= 0.6 is 0 Å². The minimum atomic E-state index is -0.432. The predicted octanol–water partition coefficient (Wildman–Crippen LogP) is 4.66. The number of esters is 1. The lowest BCUT2D eigenvalue weighted by Gasteiger charge is -2.11. The molecule has 0 fully saturated rings. The number of rotatable bonds is 6. The van der Waals surface area contributed by atoms with Crippen LogP contribution in [0.1, 0.15) is 42.2 Å². The molecule has 6 nitrogen and oxygen atoms in total. The highest BCUT2D eigenvalue weighted by Gasteiger charge is 2.30. The van der Waals surface area contributed by atoms with Gasteiger partial charge in [-0.15, -0.1) is 0 Å². The molecule has 160 valence electrons. The van der Waals surface area contributed by atoms with Crippen molar-refractivity contribution in [3.05, 3.63) is 100 Å². The molecule has 0 aromatic heterocycles. The first kappa shape index (κ1) is 21.1. The van der Waals surface area contributed by atoms with Gasteiger partial charge in [-0.05, 0) is 42.8 Å². The van der Waals surface area contributed by atoms with Crippen LogP contribution < -0.4 is 9.47 Å². The van der Waals surface area contributed by atoms with E-state index in [0.29, 0.717) is 39.3 Å². The van der Waals surface area contributed by atoms with E-state index in [9.17, 15) is 14.4 Å². The smallest absolute Gasteiger partial charge is 0.337 e. The second-order valence-corrected chi connectivity index (χ2v) is 7.20. The lowest BCUT2D eigenvalue weighted by atomic mass is 10.1. The monoisotopic (exact) mass is 428 g/mol. The predicted molar refractivity (Wildman–Crippen MR) is 118 cm³/mol. The van der Waals surface area contributed by atoms with Crippen LogP contribution in [0.25, 0.3) is 6.08 Å². The zero-order valence-corrected chi connectivity index (χ0v) is 17.6. The molecule has 1 aliphatic rings. The Balaban J connectivity index is 1.51. The Hall–Kier alpha value is -4.19. The Bertz CT molecular complexity index is 1220. The summed E-state index contributed by atoms with van der Waals surface area (Å²) in [6.45, 7) is 1.66. The van der Waals surface area contributed by atoms with Crippen LogP contribution in [0, 0.1) is 6.92 Å². The molecule has 4 rings (SSSR count). The van der Waals surface area contributed by atoms with Crippen molar-refractivity contribution in [1.29, 1.82) is 0 Å². The van der Waals surface area contributed by atoms with Gasteiger partial charge in [-0.2, -0.15) is 0 Å². The summed E-state index contributed by atoms with van der Waals surface area (Å²) in [7, 11) is 1.32. The summed E-state index contributed by atoms with van der Waals surface area (Å²) in [6.07, 6.45) is 1.61. The fraction of sp³-hybridized carbons (Fsp3) is 0.115. The van der Waals surface area contributed by atoms with Gasteiger partial charge in [0.25, 0.3) is 0 Å². The first-order valence-electron chi connectivity index (χ1n) is 9.95. The van der Waals surface area contributed by atoms with Crippen molar-refractivity contribution in [2.45, 2.75) is 6.92 Å². The summed E-state index contributed by atoms with van der Waals surface area (Å²) >= 11 is 0. The average Bonchev–Trinajstić information content (AvgIpc) is 3.15. The number of carbonyl (C=O) groups excluding carboxylic acids is 3. The number of methoxy groups -OCH3 is 1. The standard InChI is InChI=1S/C26H20O6/c1-16-22(31-15-21(27)18-6-4-3-5-7-18)13-12-20-24(28)23(32-25(16)20)14-17-8-10-19(11-9-17)26(29)30-2/h3-14H,15H2,1-2H3/b23-14-. The molecule has 0 spiro atoms. The van der Waals surface area contributed by atoms with Crippen LogP contribution in [0.5, 0.6) is 11.5 Å². The fourth-order valence-electron chi connectivity index (χ4n) is 3.36. The molecule has 0 saturated carbocycles. The van der Waals surface area contributed by atoms with Crippen molar-refractivity contribution in [1.82, 2.24) is 0 Å². The van der Waals surface area contributed by atoms with Crippen LogP contribution in [-0.2, 0) is 4.74 Å². The third kappa shape index (κ3) is 4.16. The fourth-order valence-corrected chi connectivity index (χ4v) is 3.36. The van der Waals surface area contributed by atoms with Crippen LogP contribution in [0.15, 0.2) is 72.5 Å². The van der Waals surface area contributed by atoms with E-state index in [1.54, 1.807) is 73.7 Å². The quantitative estimate of drug-likeness (QED) is 0.323. The summed E-state index contributed by atoms with van der Waals surface area (Å²) in [5.41, 5.74) is 2.76.